The minimum absolute atomic E-state index is 0.0143. The summed E-state index contributed by atoms with van der Waals surface area (Å²) in [6.07, 6.45) is 0.773. The van der Waals surface area contributed by atoms with E-state index in [1.807, 2.05) is 20.9 Å². The zero-order valence-electron chi connectivity index (χ0n) is 15.9. The van der Waals surface area contributed by atoms with Gasteiger partial charge in [-0.1, -0.05) is 0 Å². The van der Waals surface area contributed by atoms with Crippen molar-refractivity contribution in [3.05, 3.63) is 22.8 Å². The molecule has 25 heavy (non-hydrogen) atoms. The van der Waals surface area contributed by atoms with Crippen molar-refractivity contribution >= 4 is 5.91 Å². The van der Waals surface area contributed by atoms with Crippen molar-refractivity contribution in [2.24, 2.45) is 0 Å². The molecule has 0 bridgehead atoms. The Labute approximate surface area is 148 Å². The van der Waals surface area contributed by atoms with Gasteiger partial charge in [-0.3, -0.25) is 14.8 Å². The van der Waals surface area contributed by atoms with Crippen molar-refractivity contribution in [2.75, 3.05) is 20.6 Å². The highest BCUT2D eigenvalue weighted by Crippen LogP contribution is 2.10. The summed E-state index contributed by atoms with van der Waals surface area (Å²) in [7, 11) is 3.81. The summed E-state index contributed by atoms with van der Waals surface area (Å²) in [5.41, 5.74) is 3.21. The molecule has 0 unspecified atom stereocenters. The molecular weight excluding hydrogens is 320 g/mol. The number of rotatable bonds is 8. The first-order chi connectivity index (χ1) is 11.8. The number of carbonyl (C=O) groups is 1. The molecule has 0 atom stereocenters. The minimum atomic E-state index is -0.0143. The van der Waals surface area contributed by atoms with Gasteiger partial charge in [0, 0.05) is 25.3 Å². The highest BCUT2D eigenvalue weighted by molar-refractivity contribution is 5.75. The molecule has 0 aliphatic rings. The third kappa shape index (κ3) is 4.85. The van der Waals surface area contributed by atoms with Crippen LogP contribution in [0, 0.1) is 13.8 Å². The monoisotopic (exact) mass is 348 g/mol. The number of likely N-dealkylation sites (N-methyl/N-ethyl adjacent to an activating group) is 1. The number of H-pyrrole nitrogens is 1. The number of hydrogen-bond acceptors (Lipinski definition) is 6. The van der Waals surface area contributed by atoms with E-state index in [4.69, 9.17) is 0 Å². The van der Waals surface area contributed by atoms with Crippen molar-refractivity contribution in [1.29, 1.82) is 0 Å². The number of amides is 1. The van der Waals surface area contributed by atoms with Crippen molar-refractivity contribution in [1.82, 2.24) is 40.2 Å². The summed E-state index contributed by atoms with van der Waals surface area (Å²) in [6.45, 7) is 9.56. The highest BCUT2D eigenvalue weighted by atomic mass is 16.2. The van der Waals surface area contributed by atoms with Gasteiger partial charge in [0.15, 0.2) is 5.82 Å². The van der Waals surface area contributed by atoms with Gasteiger partial charge in [0.2, 0.25) is 5.91 Å². The topological polar surface area (TPSA) is 95.8 Å². The van der Waals surface area contributed by atoms with Gasteiger partial charge in [-0.15, -0.1) is 5.10 Å². The number of nitrogens with one attached hydrogen (secondary N) is 1. The van der Waals surface area contributed by atoms with E-state index < -0.39 is 0 Å². The van der Waals surface area contributed by atoms with Gasteiger partial charge in [0.1, 0.15) is 6.54 Å². The Balaban J connectivity index is 1.92. The largest absolute Gasteiger partial charge is 0.344 e. The Hall–Kier alpha value is -2.29. The van der Waals surface area contributed by atoms with Gasteiger partial charge in [-0.05, 0) is 57.2 Å². The maximum absolute atomic E-state index is 12.5. The van der Waals surface area contributed by atoms with Gasteiger partial charge in [-0.25, -0.2) is 4.68 Å². The third-order valence-corrected chi connectivity index (χ3v) is 4.57. The van der Waals surface area contributed by atoms with Gasteiger partial charge < -0.3 is 4.90 Å². The predicted octanol–water partition coefficient (Wildman–Crippen LogP) is 0.554. The highest BCUT2D eigenvalue weighted by Gasteiger charge is 2.17. The normalized spacial score (nSPS) is 11.5. The molecule has 0 aliphatic carbocycles. The van der Waals surface area contributed by atoms with E-state index >= 15 is 0 Å². The number of carbonyl (C=O) groups excluding carboxylic acids is 1. The van der Waals surface area contributed by atoms with Crippen LogP contribution in [0.15, 0.2) is 0 Å². The fraction of sp³-hybridized carbons (Fsp3) is 0.688. The second-order valence-electron chi connectivity index (χ2n) is 6.74. The van der Waals surface area contributed by atoms with Crippen LogP contribution in [0.3, 0.4) is 0 Å². The lowest BCUT2D eigenvalue weighted by molar-refractivity contribution is -0.130. The van der Waals surface area contributed by atoms with Gasteiger partial charge >= 0.3 is 0 Å². The molecule has 1 N–H and O–H groups in total. The molecule has 2 aromatic rings. The zero-order valence-corrected chi connectivity index (χ0v) is 15.9. The number of tetrazole rings is 1. The molecule has 9 nitrogen and oxygen atoms in total. The molecule has 0 aromatic carbocycles. The van der Waals surface area contributed by atoms with Crippen molar-refractivity contribution < 1.29 is 4.79 Å². The van der Waals surface area contributed by atoms with Crippen molar-refractivity contribution in [3.8, 4) is 0 Å². The van der Waals surface area contributed by atoms with Crippen LogP contribution in [-0.4, -0.2) is 72.8 Å². The summed E-state index contributed by atoms with van der Waals surface area (Å²) >= 11 is 0. The first-order valence-corrected chi connectivity index (χ1v) is 8.49. The van der Waals surface area contributed by atoms with Gasteiger partial charge in [0.25, 0.3) is 0 Å². The summed E-state index contributed by atoms with van der Waals surface area (Å²) < 4.78 is 1.58. The molecule has 9 heteroatoms. The summed E-state index contributed by atoms with van der Waals surface area (Å²) in [5, 5.41) is 18.9. The molecular formula is C16H28N8O. The maximum Gasteiger partial charge on any atom is 0.244 e. The maximum atomic E-state index is 12.5. The number of aromatic amines is 1. The Kier molecular flexibility index (Phi) is 6.24. The van der Waals surface area contributed by atoms with Gasteiger partial charge in [-0.2, -0.15) is 5.10 Å². The second kappa shape index (κ2) is 8.19. The second-order valence-corrected chi connectivity index (χ2v) is 6.74. The first kappa shape index (κ1) is 19.0. The lowest BCUT2D eigenvalue weighted by Crippen LogP contribution is -2.34. The zero-order chi connectivity index (χ0) is 18.6. The molecule has 0 saturated heterocycles. The molecule has 0 aliphatic heterocycles. The van der Waals surface area contributed by atoms with Crippen molar-refractivity contribution in [3.63, 3.8) is 0 Å². The van der Waals surface area contributed by atoms with Crippen LogP contribution in [0.1, 0.15) is 36.6 Å². The minimum Gasteiger partial charge on any atom is -0.344 e. The molecule has 0 saturated carbocycles. The molecule has 2 heterocycles. The third-order valence-electron chi connectivity index (χ3n) is 4.57. The average molecular weight is 348 g/mol. The van der Waals surface area contributed by atoms with E-state index in [0.29, 0.717) is 25.0 Å². The summed E-state index contributed by atoms with van der Waals surface area (Å²) in [5.74, 6) is 0.680. The van der Waals surface area contributed by atoms with E-state index in [2.05, 4.69) is 44.5 Å². The van der Waals surface area contributed by atoms with E-state index in [9.17, 15) is 4.79 Å². The molecule has 1 amide bonds. The first-order valence-electron chi connectivity index (χ1n) is 8.49. The van der Waals surface area contributed by atoms with Crippen LogP contribution in [0.4, 0.5) is 0 Å². The van der Waals surface area contributed by atoms with E-state index in [1.165, 1.54) is 5.56 Å². The summed E-state index contributed by atoms with van der Waals surface area (Å²) in [6, 6.07) is 0.380. The van der Waals surface area contributed by atoms with E-state index in [0.717, 1.165) is 17.8 Å². The molecule has 138 valence electrons. The van der Waals surface area contributed by atoms with Crippen LogP contribution < -0.4 is 0 Å². The quantitative estimate of drug-likeness (QED) is 0.749. The SMILES string of the molecule is Cc1n[nH]c(C)c1CCN(C)C(=O)Cn1nnnc1CN(C)C(C)C. The molecule has 0 spiro atoms. The summed E-state index contributed by atoms with van der Waals surface area (Å²) in [4.78, 5) is 16.3. The molecule has 0 fully saturated rings. The average Bonchev–Trinajstić information content (AvgIpc) is 3.12. The number of nitrogens with zero attached hydrogens (tertiary/aromatic N) is 7. The Morgan fingerprint density at radius 3 is 2.60 bits per heavy atom. The van der Waals surface area contributed by atoms with E-state index in [-0.39, 0.29) is 12.5 Å². The van der Waals surface area contributed by atoms with Gasteiger partial charge in [0.05, 0.1) is 12.2 Å². The standard InChI is InChI=1S/C16H28N8O/c1-11(2)23(6)9-15-19-20-21-24(15)10-16(25)22(5)8-7-14-12(3)17-18-13(14)4/h11H,7-10H2,1-6H3,(H,17,18). The number of aryl methyl sites for hydroxylation is 2. The fourth-order valence-electron chi connectivity index (χ4n) is 2.46. The van der Waals surface area contributed by atoms with E-state index in [1.54, 1.807) is 16.6 Å². The van der Waals surface area contributed by atoms with Crippen LogP contribution in [0.25, 0.3) is 0 Å². The van der Waals surface area contributed by atoms with Crippen molar-refractivity contribution in [2.45, 2.75) is 53.2 Å². The van der Waals surface area contributed by atoms with Crippen LogP contribution in [0.2, 0.25) is 0 Å². The molecule has 2 aromatic heterocycles. The number of hydrogen-bond donors (Lipinski definition) is 1. The van der Waals surface area contributed by atoms with Crippen LogP contribution >= 0.6 is 0 Å². The smallest absolute Gasteiger partial charge is 0.244 e. The number of aromatic nitrogens is 6. The molecule has 2 rings (SSSR count). The Morgan fingerprint density at radius 2 is 2.00 bits per heavy atom. The fourth-order valence-corrected chi connectivity index (χ4v) is 2.46. The Bertz CT molecular complexity index is 685. The van der Waals surface area contributed by atoms with Crippen LogP contribution in [-0.2, 0) is 24.3 Å². The predicted molar refractivity (Wildman–Crippen MR) is 93.8 cm³/mol. The Morgan fingerprint density at radius 1 is 1.28 bits per heavy atom. The molecule has 0 radical (unpaired) electrons. The lowest BCUT2D eigenvalue weighted by atomic mass is 10.1. The lowest BCUT2D eigenvalue weighted by Gasteiger charge is -2.21. The van der Waals surface area contributed by atoms with Crippen LogP contribution in [0.5, 0.6) is 0 Å².